The van der Waals surface area contributed by atoms with Crippen molar-refractivity contribution < 1.29 is 21.1 Å². The van der Waals surface area contributed by atoms with Gasteiger partial charge in [-0.15, -0.1) is 0 Å². The number of allylic oxidation sites excluding steroid dienone is 4. The van der Waals surface area contributed by atoms with Gasteiger partial charge in [-0.2, -0.15) is 0 Å². The summed E-state index contributed by atoms with van der Waals surface area (Å²) in [6.07, 6.45) is 5.09. The van der Waals surface area contributed by atoms with Crippen molar-refractivity contribution in [3.63, 3.8) is 0 Å². The van der Waals surface area contributed by atoms with Crippen molar-refractivity contribution in [2.75, 3.05) is 0 Å². The molecule has 1 aliphatic rings. The molecule has 0 unspecified atom stereocenters. The molecule has 13 heavy (non-hydrogen) atoms. The van der Waals surface area contributed by atoms with Crippen molar-refractivity contribution >= 4 is 0 Å². The molecule has 0 saturated carbocycles. The third-order valence-electron chi connectivity index (χ3n) is 3.21. The topological polar surface area (TPSA) is 0 Å². The van der Waals surface area contributed by atoms with Gasteiger partial charge in [0.15, 0.2) is 0 Å². The normalized spacial score (nSPS) is 19.4. The summed E-state index contributed by atoms with van der Waals surface area (Å²) in [6.45, 7) is 9.12. The van der Waals surface area contributed by atoms with Crippen LogP contribution in [0.25, 0.3) is 0 Å². The fourth-order valence-electron chi connectivity index (χ4n) is 1.60. The molecular weight excluding hydrogens is 339 g/mol. The van der Waals surface area contributed by atoms with Crippen LogP contribution in [-0.4, -0.2) is 0 Å². The largest absolute Gasteiger partial charge is 0.0741 e. The zero-order valence-corrected chi connectivity index (χ0v) is 11.4. The zero-order chi connectivity index (χ0) is 9.14. The Bertz CT molecular complexity index is 184. The first kappa shape index (κ1) is 13.2. The van der Waals surface area contributed by atoms with Crippen LogP contribution in [0.5, 0.6) is 0 Å². The molecule has 0 aliphatic heterocycles. The molecule has 0 amide bonds. The van der Waals surface area contributed by atoms with Gasteiger partial charge in [0.05, 0.1) is 0 Å². The predicted octanol–water partition coefficient (Wildman–Crippen LogP) is 4.23. The second-order valence-electron chi connectivity index (χ2n) is 4.12. The van der Waals surface area contributed by atoms with Crippen molar-refractivity contribution in [1.29, 1.82) is 0 Å². The summed E-state index contributed by atoms with van der Waals surface area (Å²) < 4.78 is 0. The van der Waals surface area contributed by atoms with Gasteiger partial charge in [0.25, 0.3) is 0 Å². The molecule has 1 rings (SSSR count). The molecule has 0 bridgehead atoms. The molecule has 0 fully saturated rings. The molecule has 0 spiro atoms. The number of hydrogen-bond acceptors (Lipinski definition) is 0. The number of hydrogen-bond donors (Lipinski definition) is 0. The Morgan fingerprint density at radius 1 is 0.538 bits per heavy atom. The summed E-state index contributed by atoms with van der Waals surface area (Å²) >= 11 is 0. The van der Waals surface area contributed by atoms with Crippen molar-refractivity contribution in [3.8, 4) is 0 Å². The van der Waals surface area contributed by atoms with E-state index in [0.717, 1.165) is 0 Å². The Labute approximate surface area is 96.8 Å². The molecule has 0 aromatic rings. The average molecular weight is 359 g/mol. The molecule has 0 heterocycles. The number of rotatable bonds is 0. The van der Waals surface area contributed by atoms with Crippen LogP contribution in [0.1, 0.15) is 53.4 Å². The minimum Gasteiger partial charge on any atom is -0.0741 e. The molecule has 1 heteroatoms. The van der Waals surface area contributed by atoms with Crippen LogP contribution in [0.15, 0.2) is 22.3 Å². The molecule has 0 nitrogen and oxygen atoms in total. The predicted molar refractivity (Wildman–Crippen MR) is 55.2 cm³/mol. The summed E-state index contributed by atoms with van der Waals surface area (Å²) in [4.78, 5) is 0. The Balaban J connectivity index is 0.00000144. The van der Waals surface area contributed by atoms with E-state index >= 15 is 0 Å². The molecule has 0 N–H and O–H groups in total. The maximum atomic E-state index is 2.28. The quantitative estimate of drug-likeness (QED) is 0.568. The Kier molecular flexibility index (Phi) is 5.88. The fraction of sp³-hybridized carbons (Fsp3) is 0.667. The first-order chi connectivity index (χ1) is 5.61. The maximum Gasteiger partial charge on any atom is 0 e. The van der Waals surface area contributed by atoms with Crippen molar-refractivity contribution in [1.82, 2.24) is 0 Å². The van der Waals surface area contributed by atoms with Crippen LogP contribution in [-0.2, 0) is 21.1 Å². The van der Waals surface area contributed by atoms with E-state index in [2.05, 4.69) is 27.7 Å². The van der Waals surface area contributed by atoms with Gasteiger partial charge >= 0.3 is 0 Å². The van der Waals surface area contributed by atoms with Gasteiger partial charge in [-0.1, -0.05) is 22.3 Å². The third kappa shape index (κ3) is 3.81. The molecule has 0 radical (unpaired) electrons. The van der Waals surface area contributed by atoms with E-state index in [0.29, 0.717) is 0 Å². The fourth-order valence-corrected chi connectivity index (χ4v) is 1.60. The first-order valence-electron chi connectivity index (χ1n) is 4.91. The van der Waals surface area contributed by atoms with Crippen LogP contribution < -0.4 is 0 Å². The van der Waals surface area contributed by atoms with E-state index in [9.17, 15) is 0 Å². The van der Waals surface area contributed by atoms with Crippen LogP contribution in [0.2, 0.25) is 0 Å². The van der Waals surface area contributed by atoms with Gasteiger partial charge in [-0.25, -0.2) is 0 Å². The van der Waals surface area contributed by atoms with Gasteiger partial charge in [-0.05, 0) is 53.4 Å². The Hall–Kier alpha value is 0.168. The molecule has 0 aromatic heterocycles. The Morgan fingerprint density at radius 2 is 0.692 bits per heavy atom. The van der Waals surface area contributed by atoms with Gasteiger partial charge in [0, 0.05) is 21.1 Å². The second-order valence-corrected chi connectivity index (χ2v) is 4.12. The second kappa shape index (κ2) is 5.81. The van der Waals surface area contributed by atoms with E-state index < -0.39 is 0 Å². The summed E-state index contributed by atoms with van der Waals surface area (Å²) in [5.41, 5.74) is 6.45. The summed E-state index contributed by atoms with van der Waals surface area (Å²) in [5, 5.41) is 0. The van der Waals surface area contributed by atoms with E-state index in [1.54, 1.807) is 22.3 Å². The smallest absolute Gasteiger partial charge is 0 e. The van der Waals surface area contributed by atoms with Crippen molar-refractivity contribution in [2.24, 2.45) is 0 Å². The minimum absolute atomic E-state index is 0. The summed E-state index contributed by atoms with van der Waals surface area (Å²) in [6, 6.07) is 0. The van der Waals surface area contributed by atoms with Crippen LogP contribution in [0, 0.1) is 0 Å². The summed E-state index contributed by atoms with van der Waals surface area (Å²) in [7, 11) is 0. The van der Waals surface area contributed by atoms with Gasteiger partial charge < -0.3 is 0 Å². The summed E-state index contributed by atoms with van der Waals surface area (Å²) in [5.74, 6) is 0. The van der Waals surface area contributed by atoms with E-state index in [1.165, 1.54) is 25.7 Å². The SMILES string of the molecule is CC1=C(C)CCC(C)=C(C)CC1.[Pt]. The van der Waals surface area contributed by atoms with Crippen LogP contribution >= 0.6 is 0 Å². The van der Waals surface area contributed by atoms with Gasteiger partial charge in [0.1, 0.15) is 0 Å². The van der Waals surface area contributed by atoms with Crippen molar-refractivity contribution in [2.45, 2.75) is 53.4 Å². The molecule has 78 valence electrons. The molecule has 0 aromatic carbocycles. The maximum absolute atomic E-state index is 2.28. The van der Waals surface area contributed by atoms with E-state index in [1.807, 2.05) is 0 Å². The van der Waals surface area contributed by atoms with Gasteiger partial charge in [0.2, 0.25) is 0 Å². The molecule has 1 aliphatic carbocycles. The molecule has 0 saturated heterocycles. The molecular formula is C12H20Pt. The first-order valence-corrected chi connectivity index (χ1v) is 4.91. The standard InChI is InChI=1S/C12H20.Pt/c1-9-5-6-11(3)12(4)8-7-10(9)2;/h5-8H2,1-4H3;. The van der Waals surface area contributed by atoms with Crippen LogP contribution in [0.3, 0.4) is 0 Å². The minimum atomic E-state index is 0. The van der Waals surface area contributed by atoms with Gasteiger partial charge in [-0.3, -0.25) is 0 Å². The third-order valence-corrected chi connectivity index (χ3v) is 3.21. The zero-order valence-electron chi connectivity index (χ0n) is 9.14. The van der Waals surface area contributed by atoms with Crippen LogP contribution in [0.4, 0.5) is 0 Å². The van der Waals surface area contributed by atoms with E-state index in [4.69, 9.17) is 0 Å². The van der Waals surface area contributed by atoms with Crippen molar-refractivity contribution in [3.05, 3.63) is 22.3 Å². The monoisotopic (exact) mass is 359 g/mol. The average Bonchev–Trinajstić information content (AvgIpc) is 2.07. The molecule has 0 atom stereocenters. The Morgan fingerprint density at radius 3 is 0.846 bits per heavy atom. The van der Waals surface area contributed by atoms with E-state index in [-0.39, 0.29) is 21.1 Å².